The second-order valence-electron chi connectivity index (χ2n) is 2.36. The van der Waals surface area contributed by atoms with Crippen LogP contribution in [0.1, 0.15) is 11.1 Å². The zero-order valence-corrected chi connectivity index (χ0v) is 7.70. The summed E-state index contributed by atoms with van der Waals surface area (Å²) < 4.78 is 26.0. The maximum atomic E-state index is 13.1. The van der Waals surface area contributed by atoms with Gasteiger partial charge in [-0.15, -0.1) is 11.6 Å². The Labute approximate surface area is 84.9 Å². The van der Waals surface area contributed by atoms with Crippen LogP contribution < -0.4 is 0 Å². The summed E-state index contributed by atoms with van der Waals surface area (Å²) in [4.78, 5) is 0. The lowest BCUT2D eigenvalue weighted by Gasteiger charge is -1.96. The normalized spacial score (nSPS) is 8.71. The first-order valence-electron chi connectivity index (χ1n) is 3.63. The van der Waals surface area contributed by atoms with Crippen molar-refractivity contribution < 1.29 is 8.78 Å². The van der Waals surface area contributed by atoms with Crippen molar-refractivity contribution in [3.05, 3.63) is 34.9 Å². The van der Waals surface area contributed by atoms with E-state index in [1.807, 2.05) is 0 Å². The van der Waals surface area contributed by atoms with Crippen molar-refractivity contribution in [3.8, 4) is 17.9 Å². The Hall–Kier alpha value is -1.58. The van der Waals surface area contributed by atoms with E-state index in [0.29, 0.717) is 0 Å². The van der Waals surface area contributed by atoms with Gasteiger partial charge in [-0.1, -0.05) is 11.8 Å². The number of benzene rings is 1. The molecule has 0 N–H and O–H groups in total. The molecule has 0 radical (unpaired) electrons. The minimum Gasteiger partial charge on any atom is -0.206 e. The largest absolute Gasteiger partial charge is 0.206 e. The average Bonchev–Trinajstić information content (AvgIpc) is 2.18. The fourth-order valence-corrected chi connectivity index (χ4v) is 0.924. The minimum absolute atomic E-state index is 0.0427. The van der Waals surface area contributed by atoms with Crippen molar-refractivity contribution in [1.29, 1.82) is 5.26 Å². The standard InChI is InChI=1S/C10H4ClF2N/c11-3-1-2-7-4-10(13)8(6-14)5-9(7)12/h4-5H,3H2. The molecule has 14 heavy (non-hydrogen) atoms. The van der Waals surface area contributed by atoms with Crippen molar-refractivity contribution in [1.82, 2.24) is 0 Å². The Bertz CT molecular complexity index is 452. The number of halogens is 3. The number of hydrogen-bond donors (Lipinski definition) is 0. The second-order valence-corrected chi connectivity index (χ2v) is 2.63. The van der Waals surface area contributed by atoms with Crippen molar-refractivity contribution in [2.45, 2.75) is 0 Å². The van der Waals surface area contributed by atoms with Crippen LogP contribution in [-0.4, -0.2) is 5.88 Å². The van der Waals surface area contributed by atoms with E-state index in [0.717, 1.165) is 12.1 Å². The molecule has 0 aliphatic heterocycles. The molecule has 0 spiro atoms. The molecule has 0 fully saturated rings. The molecule has 0 saturated heterocycles. The van der Waals surface area contributed by atoms with Crippen molar-refractivity contribution >= 4 is 11.6 Å². The molecule has 70 valence electrons. The summed E-state index contributed by atoms with van der Waals surface area (Å²) >= 11 is 5.26. The SMILES string of the molecule is N#Cc1cc(F)c(C#CCCl)cc1F. The highest BCUT2D eigenvalue weighted by molar-refractivity contribution is 6.19. The summed E-state index contributed by atoms with van der Waals surface area (Å²) in [6.07, 6.45) is 0. The Morgan fingerprint density at radius 2 is 1.79 bits per heavy atom. The third kappa shape index (κ3) is 2.22. The Balaban J connectivity index is 3.23. The predicted molar refractivity (Wildman–Crippen MR) is 48.7 cm³/mol. The van der Waals surface area contributed by atoms with Crippen molar-refractivity contribution in [3.63, 3.8) is 0 Å². The number of rotatable bonds is 0. The molecule has 0 unspecified atom stereocenters. The van der Waals surface area contributed by atoms with Crippen LogP contribution >= 0.6 is 11.6 Å². The van der Waals surface area contributed by atoms with Gasteiger partial charge >= 0.3 is 0 Å². The summed E-state index contributed by atoms with van der Waals surface area (Å²) in [6, 6.07) is 3.23. The van der Waals surface area contributed by atoms with Gasteiger partial charge in [0.1, 0.15) is 17.7 Å². The maximum absolute atomic E-state index is 13.1. The molecule has 1 aromatic rings. The highest BCUT2D eigenvalue weighted by atomic mass is 35.5. The fourth-order valence-electron chi connectivity index (χ4n) is 0.857. The summed E-state index contributed by atoms with van der Waals surface area (Å²) in [6.45, 7) is 0. The smallest absolute Gasteiger partial charge is 0.142 e. The van der Waals surface area contributed by atoms with Crippen LogP contribution in [0.4, 0.5) is 8.78 Å². The van der Waals surface area contributed by atoms with E-state index < -0.39 is 11.6 Å². The molecule has 0 atom stereocenters. The molecular weight excluding hydrogens is 208 g/mol. The van der Waals surface area contributed by atoms with Gasteiger partial charge in [0.05, 0.1) is 17.0 Å². The molecule has 1 aromatic carbocycles. The molecule has 0 aliphatic rings. The minimum atomic E-state index is -0.784. The monoisotopic (exact) mass is 211 g/mol. The number of hydrogen-bond acceptors (Lipinski definition) is 1. The molecule has 0 heterocycles. The van der Waals surface area contributed by atoms with Gasteiger partial charge in [-0.3, -0.25) is 0 Å². The van der Waals surface area contributed by atoms with Gasteiger partial charge in [0, 0.05) is 0 Å². The van der Waals surface area contributed by atoms with E-state index in [1.165, 1.54) is 6.07 Å². The lowest BCUT2D eigenvalue weighted by Crippen LogP contribution is -1.91. The van der Waals surface area contributed by atoms with Crippen LogP contribution in [0.5, 0.6) is 0 Å². The lowest BCUT2D eigenvalue weighted by atomic mass is 10.1. The first-order chi connectivity index (χ1) is 6.69. The van der Waals surface area contributed by atoms with E-state index in [4.69, 9.17) is 16.9 Å². The topological polar surface area (TPSA) is 23.8 Å². The molecule has 4 heteroatoms. The predicted octanol–water partition coefficient (Wildman–Crippen LogP) is 2.43. The number of alkyl halides is 1. The molecule has 0 bridgehead atoms. The Morgan fingerprint density at radius 3 is 2.36 bits per heavy atom. The first kappa shape index (κ1) is 10.5. The van der Waals surface area contributed by atoms with Gasteiger partial charge in [-0.25, -0.2) is 8.78 Å². The summed E-state index contributed by atoms with van der Waals surface area (Å²) in [7, 11) is 0. The average molecular weight is 212 g/mol. The third-order valence-corrected chi connectivity index (χ3v) is 1.60. The molecule has 1 rings (SSSR count). The van der Waals surface area contributed by atoms with Crippen LogP contribution in [0.2, 0.25) is 0 Å². The molecule has 0 aromatic heterocycles. The highest BCUT2D eigenvalue weighted by Crippen LogP contribution is 2.13. The summed E-state index contributed by atoms with van der Waals surface area (Å²) in [5.41, 5.74) is -0.430. The van der Waals surface area contributed by atoms with E-state index >= 15 is 0 Å². The van der Waals surface area contributed by atoms with Crippen LogP contribution in [0, 0.1) is 34.8 Å². The van der Waals surface area contributed by atoms with Gasteiger partial charge in [-0.05, 0) is 12.1 Å². The first-order valence-corrected chi connectivity index (χ1v) is 4.16. The van der Waals surface area contributed by atoms with Crippen molar-refractivity contribution in [2.75, 3.05) is 5.88 Å². The van der Waals surface area contributed by atoms with Gasteiger partial charge in [0.25, 0.3) is 0 Å². The molecular formula is C10H4ClF2N. The van der Waals surface area contributed by atoms with E-state index in [-0.39, 0.29) is 17.0 Å². The zero-order chi connectivity index (χ0) is 10.6. The van der Waals surface area contributed by atoms with Crippen LogP contribution in [-0.2, 0) is 0 Å². The highest BCUT2D eigenvalue weighted by Gasteiger charge is 2.07. The summed E-state index contributed by atoms with van der Waals surface area (Å²) in [5, 5.41) is 8.40. The van der Waals surface area contributed by atoms with Gasteiger partial charge in [0.2, 0.25) is 0 Å². The second kappa shape index (κ2) is 4.60. The van der Waals surface area contributed by atoms with Crippen LogP contribution in [0.25, 0.3) is 0 Å². The van der Waals surface area contributed by atoms with Gasteiger partial charge in [-0.2, -0.15) is 5.26 Å². The van der Waals surface area contributed by atoms with Gasteiger partial charge < -0.3 is 0 Å². The summed E-state index contributed by atoms with van der Waals surface area (Å²) in [5.74, 6) is 3.28. The number of nitrogens with zero attached hydrogens (tertiary/aromatic N) is 1. The van der Waals surface area contributed by atoms with Crippen molar-refractivity contribution in [2.24, 2.45) is 0 Å². The van der Waals surface area contributed by atoms with E-state index in [1.54, 1.807) is 0 Å². The van der Waals surface area contributed by atoms with E-state index in [9.17, 15) is 8.78 Å². The van der Waals surface area contributed by atoms with E-state index in [2.05, 4.69) is 11.8 Å². The maximum Gasteiger partial charge on any atom is 0.142 e. The number of nitriles is 1. The quantitative estimate of drug-likeness (QED) is 0.478. The Kier molecular flexibility index (Phi) is 3.45. The fraction of sp³-hybridized carbons (Fsp3) is 0.100. The van der Waals surface area contributed by atoms with Crippen LogP contribution in [0.15, 0.2) is 12.1 Å². The Morgan fingerprint density at radius 1 is 1.21 bits per heavy atom. The molecule has 0 aliphatic carbocycles. The molecule has 0 amide bonds. The molecule has 0 saturated carbocycles. The molecule has 1 nitrogen and oxygen atoms in total. The third-order valence-electron chi connectivity index (χ3n) is 1.47. The zero-order valence-electron chi connectivity index (χ0n) is 6.94. The lowest BCUT2D eigenvalue weighted by molar-refractivity contribution is 0.594. The van der Waals surface area contributed by atoms with Gasteiger partial charge in [0.15, 0.2) is 0 Å². The van der Waals surface area contributed by atoms with Crippen LogP contribution in [0.3, 0.4) is 0 Å².